The van der Waals surface area contributed by atoms with Crippen LogP contribution in [0.2, 0.25) is 0 Å². The molecular formula is C12H20BrN3O2S. The number of rotatable bonds is 3. The van der Waals surface area contributed by atoms with Crippen LogP contribution in [-0.2, 0) is 17.1 Å². The van der Waals surface area contributed by atoms with Gasteiger partial charge in [0, 0.05) is 17.9 Å². The largest absolute Gasteiger partial charge is 0.271 e. The molecule has 5 nitrogen and oxygen atoms in total. The Hall–Kier alpha value is -0.400. The van der Waals surface area contributed by atoms with Crippen molar-refractivity contribution in [2.45, 2.75) is 55.3 Å². The Bertz CT molecular complexity index is 560. The summed E-state index contributed by atoms with van der Waals surface area (Å²) >= 11 is 3.58. The van der Waals surface area contributed by atoms with Crippen molar-refractivity contribution in [3.8, 4) is 0 Å². The first-order valence-electron chi connectivity index (χ1n) is 6.48. The average molecular weight is 350 g/mol. The van der Waals surface area contributed by atoms with E-state index >= 15 is 0 Å². The number of nitrogens with zero attached hydrogens (tertiary/aromatic N) is 2. The first-order chi connectivity index (χ1) is 8.81. The second-order valence-corrected chi connectivity index (χ2v) is 8.14. The average Bonchev–Trinajstić information content (AvgIpc) is 2.56. The Balaban J connectivity index is 2.19. The van der Waals surface area contributed by atoms with Gasteiger partial charge in [0.15, 0.2) is 0 Å². The molecule has 1 aliphatic carbocycles. The van der Waals surface area contributed by atoms with Crippen LogP contribution in [0.3, 0.4) is 0 Å². The number of aryl methyl sites for hydroxylation is 2. The highest BCUT2D eigenvalue weighted by Crippen LogP contribution is 2.26. The van der Waals surface area contributed by atoms with E-state index < -0.39 is 10.0 Å². The number of alkyl halides is 1. The van der Waals surface area contributed by atoms with Crippen LogP contribution in [0.15, 0.2) is 4.90 Å². The monoisotopic (exact) mass is 349 g/mol. The molecule has 1 heterocycles. The molecule has 0 radical (unpaired) electrons. The normalized spacial score (nSPS) is 24.6. The lowest BCUT2D eigenvalue weighted by atomic mass is 9.96. The Kier molecular flexibility index (Phi) is 4.37. The number of halogens is 1. The second kappa shape index (κ2) is 5.54. The molecule has 7 heteroatoms. The number of hydrogen-bond donors (Lipinski definition) is 1. The summed E-state index contributed by atoms with van der Waals surface area (Å²) in [6.07, 6.45) is 3.79. The lowest BCUT2D eigenvalue weighted by molar-refractivity contribution is 0.422. The molecule has 1 aliphatic rings. The Labute approximate surface area is 122 Å². The van der Waals surface area contributed by atoms with Gasteiger partial charge in [0.05, 0.1) is 11.4 Å². The van der Waals surface area contributed by atoms with E-state index in [1.54, 1.807) is 25.6 Å². The highest BCUT2D eigenvalue weighted by Gasteiger charge is 2.28. The molecule has 0 atom stereocenters. The van der Waals surface area contributed by atoms with E-state index in [0.29, 0.717) is 21.1 Å². The summed E-state index contributed by atoms with van der Waals surface area (Å²) in [5.74, 6) is 0. The SMILES string of the molecule is Cc1nn(C)c(C)c1S(=O)(=O)NC1CCC(Br)CC1. The van der Waals surface area contributed by atoms with Gasteiger partial charge in [-0.2, -0.15) is 5.10 Å². The molecular weight excluding hydrogens is 330 g/mol. The first-order valence-corrected chi connectivity index (χ1v) is 8.87. The molecule has 0 aromatic carbocycles. The molecule has 1 aromatic rings. The Morgan fingerprint density at radius 1 is 1.26 bits per heavy atom. The van der Waals surface area contributed by atoms with E-state index in [1.165, 1.54) is 0 Å². The van der Waals surface area contributed by atoms with Crippen LogP contribution < -0.4 is 4.72 Å². The van der Waals surface area contributed by atoms with Crippen LogP contribution in [-0.4, -0.2) is 29.1 Å². The molecule has 0 saturated heterocycles. The van der Waals surface area contributed by atoms with Crippen molar-refractivity contribution in [1.29, 1.82) is 0 Å². The molecule has 108 valence electrons. The summed E-state index contributed by atoms with van der Waals surface area (Å²) in [6.45, 7) is 3.51. The van der Waals surface area contributed by atoms with Gasteiger partial charge in [0.25, 0.3) is 0 Å². The molecule has 1 N–H and O–H groups in total. The third kappa shape index (κ3) is 3.20. The molecule has 0 bridgehead atoms. The van der Waals surface area contributed by atoms with Crippen molar-refractivity contribution in [3.63, 3.8) is 0 Å². The lowest BCUT2D eigenvalue weighted by Gasteiger charge is -2.25. The summed E-state index contributed by atoms with van der Waals surface area (Å²) in [4.78, 5) is 0.853. The summed E-state index contributed by atoms with van der Waals surface area (Å²) in [6, 6.07) is 0.0396. The van der Waals surface area contributed by atoms with Gasteiger partial charge in [-0.05, 0) is 39.5 Å². The minimum atomic E-state index is -3.47. The van der Waals surface area contributed by atoms with Crippen molar-refractivity contribution in [2.24, 2.45) is 7.05 Å². The fourth-order valence-electron chi connectivity index (χ4n) is 2.59. The highest BCUT2D eigenvalue weighted by molar-refractivity contribution is 9.09. The summed E-state index contributed by atoms with van der Waals surface area (Å²) in [7, 11) is -1.71. The van der Waals surface area contributed by atoms with Gasteiger partial charge in [-0.25, -0.2) is 13.1 Å². The summed E-state index contributed by atoms with van der Waals surface area (Å²) in [5.41, 5.74) is 1.24. The zero-order valence-corrected chi connectivity index (χ0v) is 13.9. The van der Waals surface area contributed by atoms with Gasteiger partial charge >= 0.3 is 0 Å². The third-order valence-corrected chi connectivity index (χ3v) is 6.38. The van der Waals surface area contributed by atoms with Gasteiger partial charge < -0.3 is 0 Å². The fraction of sp³-hybridized carbons (Fsp3) is 0.750. The number of aromatic nitrogens is 2. The topological polar surface area (TPSA) is 64.0 Å². The van der Waals surface area contributed by atoms with Crippen LogP contribution in [0.4, 0.5) is 0 Å². The van der Waals surface area contributed by atoms with Crippen molar-refractivity contribution >= 4 is 26.0 Å². The minimum Gasteiger partial charge on any atom is -0.271 e. The fourth-order valence-corrected chi connectivity index (χ4v) is 4.86. The predicted octanol–water partition coefficient (Wildman–Crippen LogP) is 2.02. The van der Waals surface area contributed by atoms with Crippen molar-refractivity contribution in [3.05, 3.63) is 11.4 Å². The van der Waals surface area contributed by atoms with E-state index in [4.69, 9.17) is 0 Å². The number of nitrogens with one attached hydrogen (secondary N) is 1. The molecule has 1 fully saturated rings. The van der Waals surface area contributed by atoms with Crippen LogP contribution in [0, 0.1) is 13.8 Å². The zero-order valence-electron chi connectivity index (χ0n) is 11.5. The summed E-state index contributed by atoms with van der Waals surface area (Å²) in [5, 5.41) is 4.17. The Morgan fingerprint density at radius 3 is 2.32 bits per heavy atom. The maximum Gasteiger partial charge on any atom is 0.244 e. The predicted molar refractivity (Wildman–Crippen MR) is 78.0 cm³/mol. The van der Waals surface area contributed by atoms with Crippen LogP contribution >= 0.6 is 15.9 Å². The van der Waals surface area contributed by atoms with Gasteiger partial charge in [-0.3, -0.25) is 4.68 Å². The molecule has 1 aromatic heterocycles. The highest BCUT2D eigenvalue weighted by atomic mass is 79.9. The van der Waals surface area contributed by atoms with E-state index in [-0.39, 0.29) is 6.04 Å². The quantitative estimate of drug-likeness (QED) is 0.849. The minimum absolute atomic E-state index is 0.0396. The van der Waals surface area contributed by atoms with Gasteiger partial charge in [0.2, 0.25) is 10.0 Å². The van der Waals surface area contributed by atoms with E-state index in [0.717, 1.165) is 25.7 Å². The molecule has 19 heavy (non-hydrogen) atoms. The smallest absolute Gasteiger partial charge is 0.244 e. The van der Waals surface area contributed by atoms with Crippen molar-refractivity contribution < 1.29 is 8.42 Å². The maximum atomic E-state index is 12.5. The first kappa shape index (κ1) is 15.0. The molecule has 1 saturated carbocycles. The van der Waals surface area contributed by atoms with E-state index in [1.807, 2.05) is 0 Å². The zero-order chi connectivity index (χ0) is 14.2. The Morgan fingerprint density at radius 2 is 1.84 bits per heavy atom. The molecule has 0 aliphatic heterocycles. The molecule has 2 rings (SSSR count). The van der Waals surface area contributed by atoms with Gasteiger partial charge in [-0.15, -0.1) is 0 Å². The van der Waals surface area contributed by atoms with Crippen LogP contribution in [0.25, 0.3) is 0 Å². The van der Waals surface area contributed by atoms with Gasteiger partial charge in [0.1, 0.15) is 4.90 Å². The van der Waals surface area contributed by atoms with Crippen LogP contribution in [0.1, 0.15) is 37.1 Å². The third-order valence-electron chi connectivity index (χ3n) is 3.69. The maximum absolute atomic E-state index is 12.5. The number of hydrogen-bond acceptors (Lipinski definition) is 3. The van der Waals surface area contributed by atoms with Crippen molar-refractivity contribution in [1.82, 2.24) is 14.5 Å². The van der Waals surface area contributed by atoms with Crippen molar-refractivity contribution in [2.75, 3.05) is 0 Å². The molecule has 0 spiro atoms. The standard InChI is InChI=1S/C12H20BrN3O2S/c1-8-12(9(2)16(3)14-8)19(17,18)15-11-6-4-10(13)5-7-11/h10-11,15H,4-7H2,1-3H3. The number of sulfonamides is 1. The molecule has 0 amide bonds. The molecule has 0 unspecified atom stereocenters. The van der Waals surface area contributed by atoms with Crippen LogP contribution in [0.5, 0.6) is 0 Å². The summed E-state index contributed by atoms with van der Waals surface area (Å²) < 4.78 is 29.4. The van der Waals surface area contributed by atoms with E-state index in [2.05, 4.69) is 25.8 Å². The van der Waals surface area contributed by atoms with Gasteiger partial charge in [-0.1, -0.05) is 15.9 Å². The lowest BCUT2D eigenvalue weighted by Crippen LogP contribution is -2.38. The second-order valence-electron chi connectivity index (χ2n) is 5.19. The van der Waals surface area contributed by atoms with E-state index in [9.17, 15) is 8.42 Å².